The molecule has 0 aromatic heterocycles. The third-order valence-electron chi connectivity index (χ3n) is 2.00. The lowest BCUT2D eigenvalue weighted by molar-refractivity contribution is 0.0807. The van der Waals surface area contributed by atoms with Crippen LogP contribution in [0.4, 0.5) is 4.39 Å². The summed E-state index contributed by atoms with van der Waals surface area (Å²) in [5, 5.41) is 12.3. The quantitative estimate of drug-likeness (QED) is 0.731. The zero-order valence-corrected chi connectivity index (χ0v) is 9.66. The van der Waals surface area contributed by atoms with Gasteiger partial charge in [-0.25, -0.2) is 4.39 Å². The molecule has 0 radical (unpaired) electrons. The molecule has 2 N–H and O–H groups in total. The molecule has 1 aromatic rings. The van der Waals surface area contributed by atoms with Gasteiger partial charge in [0.05, 0.1) is 12.7 Å². The van der Waals surface area contributed by atoms with E-state index >= 15 is 0 Å². The number of ether oxygens (including phenoxy) is 1. The zero-order chi connectivity index (χ0) is 12.0. The van der Waals surface area contributed by atoms with E-state index in [0.29, 0.717) is 19.7 Å². The average Bonchev–Trinajstić information content (AvgIpc) is 2.15. The van der Waals surface area contributed by atoms with E-state index in [4.69, 9.17) is 4.74 Å². The average molecular weight is 227 g/mol. The van der Waals surface area contributed by atoms with E-state index in [0.717, 1.165) is 11.6 Å². The van der Waals surface area contributed by atoms with Gasteiger partial charge in [0.25, 0.3) is 0 Å². The van der Waals surface area contributed by atoms with Crippen molar-refractivity contribution in [2.75, 3.05) is 13.2 Å². The molecule has 0 bridgehead atoms. The van der Waals surface area contributed by atoms with Crippen molar-refractivity contribution in [2.45, 2.75) is 26.5 Å². The van der Waals surface area contributed by atoms with E-state index in [-0.39, 0.29) is 11.9 Å². The highest BCUT2D eigenvalue weighted by Crippen LogP contribution is 2.14. The Balaban J connectivity index is 2.26. The number of rotatable bonds is 6. The highest BCUT2D eigenvalue weighted by molar-refractivity contribution is 5.28. The van der Waals surface area contributed by atoms with Gasteiger partial charge < -0.3 is 15.2 Å². The summed E-state index contributed by atoms with van der Waals surface area (Å²) in [6.07, 6.45) is 0.222. The van der Waals surface area contributed by atoms with Crippen LogP contribution in [0.2, 0.25) is 0 Å². The lowest BCUT2D eigenvalue weighted by atomic mass is 10.2. The molecule has 1 rings (SSSR count). The highest BCUT2D eigenvalue weighted by atomic mass is 19.1. The maximum absolute atomic E-state index is 12.9. The monoisotopic (exact) mass is 227 g/mol. The first kappa shape index (κ1) is 12.9. The van der Waals surface area contributed by atoms with Crippen LogP contribution in [-0.4, -0.2) is 24.4 Å². The maximum atomic E-state index is 12.9. The highest BCUT2D eigenvalue weighted by Gasteiger charge is 1.99. The smallest absolute Gasteiger partial charge is 0.127 e. The number of phenolic OH excluding ortho intramolecular Hbond substituents is 1. The van der Waals surface area contributed by atoms with E-state index in [2.05, 4.69) is 5.32 Å². The Labute approximate surface area is 95.2 Å². The number of aromatic hydroxyl groups is 1. The largest absolute Gasteiger partial charge is 0.508 e. The second-order valence-electron chi connectivity index (χ2n) is 3.91. The minimum Gasteiger partial charge on any atom is -0.508 e. The van der Waals surface area contributed by atoms with Crippen LogP contribution in [0.5, 0.6) is 5.75 Å². The molecule has 0 fully saturated rings. The summed E-state index contributed by atoms with van der Waals surface area (Å²) >= 11 is 0. The van der Waals surface area contributed by atoms with Gasteiger partial charge in [0.2, 0.25) is 0 Å². The Morgan fingerprint density at radius 2 is 2.12 bits per heavy atom. The summed E-state index contributed by atoms with van der Waals surface area (Å²) in [4.78, 5) is 0. The van der Waals surface area contributed by atoms with Crippen molar-refractivity contribution >= 4 is 0 Å². The van der Waals surface area contributed by atoms with Crippen molar-refractivity contribution in [1.82, 2.24) is 5.32 Å². The van der Waals surface area contributed by atoms with Gasteiger partial charge in [-0.05, 0) is 31.5 Å². The molecule has 3 nitrogen and oxygen atoms in total. The summed E-state index contributed by atoms with van der Waals surface area (Å²) in [5.41, 5.74) is 0.724. The van der Waals surface area contributed by atoms with Gasteiger partial charge >= 0.3 is 0 Å². The molecule has 0 heterocycles. The van der Waals surface area contributed by atoms with Crippen LogP contribution in [0.25, 0.3) is 0 Å². The predicted molar refractivity (Wildman–Crippen MR) is 60.9 cm³/mol. The molecule has 0 atom stereocenters. The third-order valence-corrected chi connectivity index (χ3v) is 2.00. The maximum Gasteiger partial charge on any atom is 0.127 e. The fourth-order valence-corrected chi connectivity index (χ4v) is 1.33. The molecule has 4 heteroatoms. The summed E-state index contributed by atoms with van der Waals surface area (Å²) < 4.78 is 18.2. The molecule has 0 saturated heterocycles. The number of nitrogens with one attached hydrogen (secondary N) is 1. The van der Waals surface area contributed by atoms with Crippen molar-refractivity contribution in [3.63, 3.8) is 0 Å². The van der Waals surface area contributed by atoms with Crippen molar-refractivity contribution < 1.29 is 14.2 Å². The van der Waals surface area contributed by atoms with Crippen LogP contribution in [0.1, 0.15) is 19.4 Å². The number of halogens is 1. The van der Waals surface area contributed by atoms with Crippen LogP contribution >= 0.6 is 0 Å². The van der Waals surface area contributed by atoms with E-state index < -0.39 is 5.82 Å². The van der Waals surface area contributed by atoms with Gasteiger partial charge in [0.15, 0.2) is 0 Å². The van der Waals surface area contributed by atoms with E-state index in [1.165, 1.54) is 6.07 Å². The fourth-order valence-electron chi connectivity index (χ4n) is 1.33. The Hall–Kier alpha value is -1.13. The second-order valence-corrected chi connectivity index (χ2v) is 3.91. The SMILES string of the molecule is CC(C)OCCNCc1cc(O)cc(F)c1. The number of benzene rings is 1. The van der Waals surface area contributed by atoms with Gasteiger partial charge in [0, 0.05) is 19.2 Å². The van der Waals surface area contributed by atoms with Crippen LogP contribution < -0.4 is 5.32 Å². The predicted octanol–water partition coefficient (Wildman–Crippen LogP) is 2.05. The minimum absolute atomic E-state index is 0.0461. The van der Waals surface area contributed by atoms with Gasteiger partial charge in [-0.2, -0.15) is 0 Å². The molecule has 0 aliphatic rings. The standard InChI is InChI=1S/C12H18FNO2/c1-9(2)16-4-3-14-8-10-5-11(13)7-12(15)6-10/h5-7,9,14-15H,3-4,8H2,1-2H3. The lowest BCUT2D eigenvalue weighted by Gasteiger charge is -2.08. The Bertz CT molecular complexity index is 309. The van der Waals surface area contributed by atoms with Crippen molar-refractivity contribution in [3.8, 4) is 5.75 Å². The molecule has 0 saturated carbocycles. The summed E-state index contributed by atoms with van der Waals surface area (Å²) in [5.74, 6) is -0.467. The van der Waals surface area contributed by atoms with Crippen LogP contribution in [0, 0.1) is 5.82 Å². The van der Waals surface area contributed by atoms with Crippen molar-refractivity contribution in [1.29, 1.82) is 0 Å². The van der Waals surface area contributed by atoms with Crippen LogP contribution in [-0.2, 0) is 11.3 Å². The molecule has 90 valence electrons. The normalized spacial score (nSPS) is 11.0. The first-order chi connectivity index (χ1) is 7.58. The molecule has 0 aliphatic heterocycles. The van der Waals surface area contributed by atoms with Gasteiger partial charge in [0.1, 0.15) is 11.6 Å². The minimum atomic E-state index is -0.421. The Morgan fingerprint density at radius 1 is 1.38 bits per heavy atom. The molecule has 0 amide bonds. The van der Waals surface area contributed by atoms with Gasteiger partial charge in [-0.3, -0.25) is 0 Å². The molecule has 16 heavy (non-hydrogen) atoms. The molecular weight excluding hydrogens is 209 g/mol. The Morgan fingerprint density at radius 3 is 2.75 bits per heavy atom. The summed E-state index contributed by atoms with van der Waals surface area (Å²) in [6.45, 7) is 5.80. The number of phenols is 1. The van der Waals surface area contributed by atoms with Gasteiger partial charge in [-0.1, -0.05) is 0 Å². The Kier molecular flexibility index (Phi) is 5.22. The van der Waals surface area contributed by atoms with E-state index in [1.54, 1.807) is 6.07 Å². The summed E-state index contributed by atoms with van der Waals surface area (Å²) in [7, 11) is 0. The van der Waals surface area contributed by atoms with Crippen molar-refractivity contribution in [2.24, 2.45) is 0 Å². The fraction of sp³-hybridized carbons (Fsp3) is 0.500. The molecule has 0 spiro atoms. The number of hydrogen-bond donors (Lipinski definition) is 2. The molecule has 1 aromatic carbocycles. The molecular formula is C12H18FNO2. The second kappa shape index (κ2) is 6.45. The van der Waals surface area contributed by atoms with E-state index in [9.17, 15) is 9.50 Å². The van der Waals surface area contributed by atoms with Crippen molar-refractivity contribution in [3.05, 3.63) is 29.6 Å². The third kappa shape index (κ3) is 5.09. The van der Waals surface area contributed by atoms with Gasteiger partial charge in [-0.15, -0.1) is 0 Å². The summed E-state index contributed by atoms with van der Waals surface area (Å²) in [6, 6.07) is 4.03. The number of hydrogen-bond acceptors (Lipinski definition) is 3. The lowest BCUT2D eigenvalue weighted by Crippen LogP contribution is -2.20. The molecule has 0 aliphatic carbocycles. The van der Waals surface area contributed by atoms with E-state index in [1.807, 2.05) is 13.8 Å². The molecule has 0 unspecified atom stereocenters. The topological polar surface area (TPSA) is 41.5 Å². The van der Waals surface area contributed by atoms with Crippen LogP contribution in [0.3, 0.4) is 0 Å². The first-order valence-electron chi connectivity index (χ1n) is 5.38. The van der Waals surface area contributed by atoms with Crippen LogP contribution in [0.15, 0.2) is 18.2 Å². The zero-order valence-electron chi connectivity index (χ0n) is 9.66. The first-order valence-corrected chi connectivity index (χ1v) is 5.38.